The fraction of sp³-hybridized carbons (Fsp3) is 0.800. The van der Waals surface area contributed by atoms with Gasteiger partial charge in [-0.05, 0) is 52.5 Å². The monoisotopic (exact) mass is 264 g/mol. The van der Waals surface area contributed by atoms with Gasteiger partial charge in [0.25, 0.3) is 0 Å². The summed E-state index contributed by atoms with van der Waals surface area (Å²) in [5.74, 6) is 1.03. The zero-order chi connectivity index (χ0) is 13.3. The molecule has 1 saturated heterocycles. The summed E-state index contributed by atoms with van der Waals surface area (Å²) in [6.07, 6.45) is 6.14. The molecule has 19 heavy (non-hydrogen) atoms. The summed E-state index contributed by atoms with van der Waals surface area (Å²) >= 11 is 0. The highest BCUT2D eigenvalue weighted by Gasteiger charge is 2.42. The molecular weight excluding hydrogens is 240 g/mol. The maximum absolute atomic E-state index is 6.03. The fourth-order valence-electron chi connectivity index (χ4n) is 3.47. The van der Waals surface area contributed by atoms with Crippen molar-refractivity contribution in [1.82, 2.24) is 10.1 Å². The van der Waals surface area contributed by atoms with Gasteiger partial charge in [0.15, 0.2) is 5.76 Å². The maximum atomic E-state index is 6.03. The van der Waals surface area contributed by atoms with Crippen LogP contribution in [-0.2, 0) is 4.74 Å². The number of hydrogen-bond acceptors (Lipinski definition) is 4. The molecule has 2 heterocycles. The SMILES string of the molecule is CCOC1(CN2CCCC2c2cc(C)no2)CCC1. The van der Waals surface area contributed by atoms with Gasteiger partial charge in [-0.2, -0.15) is 0 Å². The topological polar surface area (TPSA) is 38.5 Å². The Balaban J connectivity index is 1.69. The molecule has 2 fully saturated rings. The number of hydrogen-bond donors (Lipinski definition) is 0. The second kappa shape index (κ2) is 5.25. The van der Waals surface area contributed by atoms with Crippen molar-refractivity contribution in [1.29, 1.82) is 0 Å². The van der Waals surface area contributed by atoms with E-state index < -0.39 is 0 Å². The summed E-state index contributed by atoms with van der Waals surface area (Å²) in [6.45, 7) is 7.10. The molecule has 0 bridgehead atoms. The van der Waals surface area contributed by atoms with E-state index in [1.165, 1.54) is 32.1 Å². The Morgan fingerprint density at radius 3 is 2.89 bits per heavy atom. The second-order valence-electron chi connectivity index (χ2n) is 5.97. The minimum absolute atomic E-state index is 0.117. The van der Waals surface area contributed by atoms with E-state index in [-0.39, 0.29) is 5.60 Å². The Kier molecular flexibility index (Phi) is 3.63. The first-order chi connectivity index (χ1) is 9.22. The summed E-state index contributed by atoms with van der Waals surface area (Å²) in [6, 6.07) is 2.48. The van der Waals surface area contributed by atoms with Crippen molar-refractivity contribution in [3.63, 3.8) is 0 Å². The van der Waals surface area contributed by atoms with Gasteiger partial charge in [0, 0.05) is 19.2 Å². The normalized spacial score (nSPS) is 26.5. The highest BCUT2D eigenvalue weighted by atomic mass is 16.5. The molecule has 2 aliphatic rings. The summed E-state index contributed by atoms with van der Waals surface area (Å²) in [4.78, 5) is 2.54. The highest BCUT2D eigenvalue weighted by Crippen LogP contribution is 2.40. The number of likely N-dealkylation sites (tertiary alicyclic amines) is 1. The van der Waals surface area contributed by atoms with E-state index >= 15 is 0 Å². The first-order valence-corrected chi connectivity index (χ1v) is 7.54. The molecule has 1 aliphatic heterocycles. The van der Waals surface area contributed by atoms with E-state index in [0.717, 1.165) is 31.2 Å². The molecule has 3 rings (SSSR count). The third-order valence-corrected chi connectivity index (χ3v) is 4.54. The van der Waals surface area contributed by atoms with Crippen LogP contribution in [0.1, 0.15) is 56.5 Å². The third kappa shape index (κ3) is 2.56. The van der Waals surface area contributed by atoms with Crippen molar-refractivity contribution >= 4 is 0 Å². The van der Waals surface area contributed by atoms with Crippen LogP contribution < -0.4 is 0 Å². The van der Waals surface area contributed by atoms with Crippen molar-refractivity contribution in [2.75, 3.05) is 19.7 Å². The highest BCUT2D eigenvalue weighted by molar-refractivity contribution is 5.10. The molecular formula is C15H24N2O2. The first-order valence-electron chi connectivity index (χ1n) is 7.54. The molecule has 1 aromatic rings. The lowest BCUT2D eigenvalue weighted by Crippen LogP contribution is -2.49. The zero-order valence-electron chi connectivity index (χ0n) is 12.0. The van der Waals surface area contributed by atoms with Gasteiger partial charge in [-0.15, -0.1) is 0 Å². The van der Waals surface area contributed by atoms with Gasteiger partial charge < -0.3 is 9.26 Å². The number of aromatic nitrogens is 1. The lowest BCUT2D eigenvalue weighted by atomic mass is 9.79. The largest absolute Gasteiger partial charge is 0.374 e. The predicted molar refractivity (Wildman–Crippen MR) is 73.0 cm³/mol. The van der Waals surface area contributed by atoms with Crippen LogP contribution in [0.5, 0.6) is 0 Å². The number of rotatable bonds is 5. The van der Waals surface area contributed by atoms with Gasteiger partial charge in [-0.25, -0.2) is 0 Å². The molecule has 0 amide bonds. The Bertz CT molecular complexity index is 426. The molecule has 4 nitrogen and oxygen atoms in total. The fourth-order valence-corrected chi connectivity index (χ4v) is 3.47. The van der Waals surface area contributed by atoms with Crippen LogP contribution in [0.4, 0.5) is 0 Å². The lowest BCUT2D eigenvalue weighted by molar-refractivity contribution is -0.114. The average molecular weight is 264 g/mol. The van der Waals surface area contributed by atoms with Crippen molar-refractivity contribution in [3.8, 4) is 0 Å². The summed E-state index contributed by atoms with van der Waals surface area (Å²) in [7, 11) is 0. The van der Waals surface area contributed by atoms with Gasteiger partial charge in [0.1, 0.15) is 0 Å². The number of ether oxygens (including phenoxy) is 1. The van der Waals surface area contributed by atoms with Crippen LogP contribution in [0.15, 0.2) is 10.6 Å². The van der Waals surface area contributed by atoms with E-state index in [4.69, 9.17) is 9.26 Å². The van der Waals surface area contributed by atoms with Crippen LogP contribution in [0.2, 0.25) is 0 Å². The smallest absolute Gasteiger partial charge is 0.154 e. The van der Waals surface area contributed by atoms with Crippen molar-refractivity contribution in [2.24, 2.45) is 0 Å². The third-order valence-electron chi connectivity index (χ3n) is 4.54. The van der Waals surface area contributed by atoms with E-state index in [2.05, 4.69) is 23.0 Å². The summed E-state index contributed by atoms with van der Waals surface area (Å²) in [5.41, 5.74) is 1.09. The molecule has 1 aliphatic carbocycles. The van der Waals surface area contributed by atoms with Crippen LogP contribution >= 0.6 is 0 Å². The van der Waals surface area contributed by atoms with E-state index in [0.29, 0.717) is 6.04 Å². The molecule has 0 N–H and O–H groups in total. The van der Waals surface area contributed by atoms with Crippen molar-refractivity contribution in [2.45, 2.75) is 57.6 Å². The molecule has 4 heteroatoms. The minimum atomic E-state index is 0.117. The van der Waals surface area contributed by atoms with Gasteiger partial charge >= 0.3 is 0 Å². The molecule has 1 aromatic heterocycles. The van der Waals surface area contributed by atoms with Gasteiger partial charge in [0.05, 0.1) is 17.3 Å². The van der Waals surface area contributed by atoms with Crippen molar-refractivity contribution < 1.29 is 9.26 Å². The minimum Gasteiger partial charge on any atom is -0.374 e. The van der Waals surface area contributed by atoms with Crippen LogP contribution in [0.3, 0.4) is 0 Å². The maximum Gasteiger partial charge on any atom is 0.154 e. The molecule has 0 radical (unpaired) electrons. The lowest BCUT2D eigenvalue weighted by Gasteiger charge is -2.44. The Labute approximate surface area is 115 Å². The van der Waals surface area contributed by atoms with Gasteiger partial charge in [0.2, 0.25) is 0 Å². The first kappa shape index (κ1) is 13.1. The zero-order valence-corrected chi connectivity index (χ0v) is 12.0. The predicted octanol–water partition coefficient (Wildman–Crippen LogP) is 3.08. The van der Waals surface area contributed by atoms with Crippen LogP contribution in [0.25, 0.3) is 0 Å². The van der Waals surface area contributed by atoms with Crippen molar-refractivity contribution in [3.05, 3.63) is 17.5 Å². The molecule has 1 atom stereocenters. The quantitative estimate of drug-likeness (QED) is 0.819. The average Bonchev–Trinajstić information content (AvgIpc) is 2.95. The van der Waals surface area contributed by atoms with Gasteiger partial charge in [-0.1, -0.05) is 5.16 Å². The Hall–Kier alpha value is -0.870. The Morgan fingerprint density at radius 2 is 2.32 bits per heavy atom. The summed E-state index contributed by atoms with van der Waals surface area (Å²) < 4.78 is 11.5. The van der Waals surface area contributed by atoms with E-state index in [1.807, 2.05) is 6.92 Å². The standard InChI is InChI=1S/C15H24N2O2/c1-3-18-15(7-5-8-15)11-17-9-4-6-13(17)14-10-12(2)16-19-14/h10,13H,3-9,11H2,1-2H3. The van der Waals surface area contributed by atoms with E-state index in [9.17, 15) is 0 Å². The number of aryl methyl sites for hydroxylation is 1. The molecule has 0 spiro atoms. The van der Waals surface area contributed by atoms with Crippen LogP contribution in [-0.4, -0.2) is 35.4 Å². The molecule has 0 aromatic carbocycles. The van der Waals surface area contributed by atoms with Crippen LogP contribution in [0, 0.1) is 6.92 Å². The Morgan fingerprint density at radius 1 is 1.47 bits per heavy atom. The molecule has 1 saturated carbocycles. The second-order valence-corrected chi connectivity index (χ2v) is 5.97. The molecule has 1 unspecified atom stereocenters. The van der Waals surface area contributed by atoms with E-state index in [1.54, 1.807) is 0 Å². The van der Waals surface area contributed by atoms with Gasteiger partial charge in [-0.3, -0.25) is 4.90 Å². The summed E-state index contributed by atoms with van der Waals surface area (Å²) in [5, 5.41) is 4.03. The number of nitrogens with zero attached hydrogens (tertiary/aromatic N) is 2. The molecule has 106 valence electrons.